The highest BCUT2D eigenvalue weighted by atomic mass is 31.2. The van der Waals surface area contributed by atoms with Gasteiger partial charge < -0.3 is 14.0 Å². The Bertz CT molecular complexity index is 1190. The van der Waals surface area contributed by atoms with Crippen molar-refractivity contribution < 1.29 is 27.9 Å². The lowest BCUT2D eigenvalue weighted by Gasteiger charge is -2.24. The third-order valence-electron chi connectivity index (χ3n) is 5.05. The summed E-state index contributed by atoms with van der Waals surface area (Å²) in [6.07, 6.45) is 4.81. The molecule has 2 heterocycles. The third kappa shape index (κ3) is 7.50. The van der Waals surface area contributed by atoms with Gasteiger partial charge in [-0.2, -0.15) is 5.09 Å². The Morgan fingerprint density at radius 3 is 2.71 bits per heavy atom. The molecule has 1 aliphatic heterocycles. The van der Waals surface area contributed by atoms with Gasteiger partial charge in [0.05, 0.1) is 13.2 Å². The molecule has 0 spiro atoms. The molecular formula is C23H30N3O8P. The second-order valence-corrected chi connectivity index (χ2v) is 9.69. The van der Waals surface area contributed by atoms with Crippen LogP contribution in [0.2, 0.25) is 0 Å². The molecule has 1 aromatic heterocycles. The summed E-state index contributed by atoms with van der Waals surface area (Å²) in [6, 6.07) is 7.44. The molecule has 0 radical (unpaired) electrons. The van der Waals surface area contributed by atoms with Crippen LogP contribution in [0.15, 0.2) is 58.3 Å². The molecule has 35 heavy (non-hydrogen) atoms. The number of unbranched alkanes of at least 4 members (excludes halogenated alkanes) is 1. The standard InChI is InChI=1S/C23H30N3O8P/c1-4-5-13-31-22(28)17(3)25-35(30,34-18-9-7-6-8-10-18)32-15-19-11-12-20(33-19)26-14-16(2)21(27)24-23(26)29/h6-12,14,17,19-20H,4-5,13,15H2,1-3H3,(H,25,30)(H,24,27,29). The lowest BCUT2D eigenvalue weighted by atomic mass is 10.3. The van der Waals surface area contributed by atoms with Crippen molar-refractivity contribution in [3.8, 4) is 5.75 Å². The number of hydrogen-bond acceptors (Lipinski definition) is 8. The van der Waals surface area contributed by atoms with Crippen molar-refractivity contribution in [2.24, 2.45) is 0 Å². The van der Waals surface area contributed by atoms with Crippen LogP contribution in [-0.2, 0) is 23.4 Å². The topological polar surface area (TPSA) is 138 Å². The zero-order valence-electron chi connectivity index (χ0n) is 19.8. The van der Waals surface area contributed by atoms with Gasteiger partial charge in [0.15, 0.2) is 6.23 Å². The molecule has 0 saturated carbocycles. The van der Waals surface area contributed by atoms with Crippen LogP contribution in [0.1, 0.15) is 38.5 Å². The summed E-state index contributed by atoms with van der Waals surface area (Å²) in [5, 5.41) is 2.62. The van der Waals surface area contributed by atoms with Crippen molar-refractivity contribution in [2.45, 2.75) is 52.0 Å². The average Bonchev–Trinajstić information content (AvgIpc) is 3.29. The predicted molar refractivity (Wildman–Crippen MR) is 128 cm³/mol. The first kappa shape index (κ1) is 26.6. The van der Waals surface area contributed by atoms with Crippen LogP contribution in [0.3, 0.4) is 0 Å². The van der Waals surface area contributed by atoms with E-state index in [0.717, 1.165) is 12.8 Å². The molecule has 0 bridgehead atoms. The minimum absolute atomic E-state index is 0.196. The highest BCUT2D eigenvalue weighted by molar-refractivity contribution is 7.52. The van der Waals surface area contributed by atoms with Crippen LogP contribution in [0.5, 0.6) is 5.75 Å². The number of carbonyl (C=O) groups excluding carboxylic acids is 1. The van der Waals surface area contributed by atoms with Gasteiger partial charge in [-0.15, -0.1) is 0 Å². The van der Waals surface area contributed by atoms with E-state index in [9.17, 15) is 18.9 Å². The van der Waals surface area contributed by atoms with Gasteiger partial charge >= 0.3 is 19.4 Å². The highest BCUT2D eigenvalue weighted by Crippen LogP contribution is 2.45. The molecule has 4 atom stereocenters. The number of nitrogens with one attached hydrogen (secondary N) is 2. The molecular weight excluding hydrogens is 477 g/mol. The minimum Gasteiger partial charge on any atom is -0.465 e. The minimum atomic E-state index is -4.04. The number of rotatable bonds is 12. The Morgan fingerprint density at radius 2 is 2.00 bits per heavy atom. The van der Waals surface area contributed by atoms with Gasteiger partial charge in [0.25, 0.3) is 5.56 Å². The smallest absolute Gasteiger partial charge is 0.459 e. The summed E-state index contributed by atoms with van der Waals surface area (Å²) in [4.78, 5) is 38.2. The summed E-state index contributed by atoms with van der Waals surface area (Å²) in [6.45, 7) is 5.12. The lowest BCUT2D eigenvalue weighted by Crippen LogP contribution is -2.36. The largest absolute Gasteiger partial charge is 0.465 e. The van der Waals surface area contributed by atoms with Gasteiger partial charge in [-0.05, 0) is 38.5 Å². The zero-order chi connectivity index (χ0) is 25.4. The first-order chi connectivity index (χ1) is 16.7. The first-order valence-corrected chi connectivity index (χ1v) is 12.8. The number of carbonyl (C=O) groups is 1. The third-order valence-corrected chi connectivity index (χ3v) is 6.69. The number of aromatic nitrogens is 2. The maximum absolute atomic E-state index is 13.5. The molecule has 3 rings (SSSR count). The Kier molecular flexibility index (Phi) is 9.22. The van der Waals surface area contributed by atoms with Crippen molar-refractivity contribution in [2.75, 3.05) is 13.2 Å². The van der Waals surface area contributed by atoms with Crippen molar-refractivity contribution in [1.29, 1.82) is 0 Å². The van der Waals surface area contributed by atoms with E-state index in [0.29, 0.717) is 5.56 Å². The zero-order valence-corrected chi connectivity index (χ0v) is 20.7. The number of aromatic amines is 1. The van der Waals surface area contributed by atoms with E-state index in [1.165, 1.54) is 17.7 Å². The predicted octanol–water partition coefficient (Wildman–Crippen LogP) is 2.82. The summed E-state index contributed by atoms with van der Waals surface area (Å²) in [5.74, 6) is -0.297. The van der Waals surface area contributed by atoms with E-state index in [1.807, 2.05) is 6.92 Å². The van der Waals surface area contributed by atoms with Crippen LogP contribution < -0.4 is 20.9 Å². The van der Waals surface area contributed by atoms with Crippen LogP contribution in [0.25, 0.3) is 0 Å². The Hall–Kier alpha value is -2.98. The van der Waals surface area contributed by atoms with Crippen molar-refractivity contribution >= 4 is 13.7 Å². The van der Waals surface area contributed by atoms with Crippen LogP contribution in [0, 0.1) is 6.92 Å². The van der Waals surface area contributed by atoms with Gasteiger partial charge in [0.2, 0.25) is 0 Å². The number of H-pyrrole nitrogens is 1. The van der Waals surface area contributed by atoms with E-state index in [1.54, 1.807) is 49.4 Å². The van der Waals surface area contributed by atoms with E-state index in [2.05, 4.69) is 10.1 Å². The molecule has 12 heteroatoms. The van der Waals surface area contributed by atoms with E-state index in [-0.39, 0.29) is 19.0 Å². The van der Waals surface area contributed by atoms with E-state index >= 15 is 0 Å². The van der Waals surface area contributed by atoms with Crippen molar-refractivity contribution in [3.05, 3.63) is 75.1 Å². The number of nitrogens with zero attached hydrogens (tertiary/aromatic N) is 1. The summed E-state index contributed by atoms with van der Waals surface area (Å²) < 4.78 is 37.0. The maximum Gasteiger partial charge on any atom is 0.459 e. The number of para-hydroxylation sites is 1. The fourth-order valence-electron chi connectivity index (χ4n) is 3.13. The normalized spacial score (nSPS) is 19.7. The second kappa shape index (κ2) is 12.1. The Labute approximate surface area is 202 Å². The average molecular weight is 507 g/mol. The van der Waals surface area contributed by atoms with Gasteiger partial charge in [-0.3, -0.25) is 23.7 Å². The number of aryl methyl sites for hydroxylation is 1. The summed E-state index contributed by atoms with van der Waals surface area (Å²) in [7, 11) is -4.04. The highest BCUT2D eigenvalue weighted by Gasteiger charge is 2.34. The molecule has 2 N–H and O–H groups in total. The number of benzene rings is 1. The SMILES string of the molecule is CCCCOC(=O)C(C)NP(=O)(OCC1C=CC(n2cc(C)c(=O)[nH]c2=O)O1)Oc1ccccc1. The van der Waals surface area contributed by atoms with Crippen LogP contribution >= 0.6 is 7.75 Å². The fourth-order valence-corrected chi connectivity index (χ4v) is 4.63. The quantitative estimate of drug-likeness (QED) is 0.192. The molecule has 0 aliphatic carbocycles. The molecule has 11 nitrogen and oxygen atoms in total. The molecule has 190 valence electrons. The molecule has 0 amide bonds. The monoisotopic (exact) mass is 507 g/mol. The van der Waals surface area contributed by atoms with Crippen LogP contribution in [0.4, 0.5) is 0 Å². The second-order valence-electron chi connectivity index (χ2n) is 8.00. The molecule has 1 aromatic carbocycles. The van der Waals surface area contributed by atoms with Crippen LogP contribution in [-0.4, -0.2) is 40.9 Å². The van der Waals surface area contributed by atoms with Gasteiger partial charge in [-0.25, -0.2) is 9.36 Å². The first-order valence-electron chi connectivity index (χ1n) is 11.3. The number of esters is 1. The fraction of sp³-hybridized carbons (Fsp3) is 0.435. The molecule has 2 aromatic rings. The Balaban J connectivity index is 1.67. The number of ether oxygens (including phenoxy) is 2. The lowest BCUT2D eigenvalue weighted by molar-refractivity contribution is -0.145. The van der Waals surface area contributed by atoms with E-state index in [4.69, 9.17) is 18.5 Å². The van der Waals surface area contributed by atoms with Gasteiger partial charge in [-0.1, -0.05) is 37.6 Å². The summed E-state index contributed by atoms with van der Waals surface area (Å²) in [5.41, 5.74) is -0.737. The Morgan fingerprint density at radius 1 is 1.26 bits per heavy atom. The maximum atomic E-state index is 13.5. The molecule has 0 saturated heterocycles. The van der Waals surface area contributed by atoms with Crippen molar-refractivity contribution in [3.63, 3.8) is 0 Å². The molecule has 0 fully saturated rings. The molecule has 1 aliphatic rings. The summed E-state index contributed by atoms with van der Waals surface area (Å²) >= 11 is 0. The van der Waals surface area contributed by atoms with E-state index < -0.39 is 43.3 Å². The number of hydrogen-bond donors (Lipinski definition) is 2. The molecule has 4 unspecified atom stereocenters. The van der Waals surface area contributed by atoms with Gasteiger partial charge in [0, 0.05) is 11.8 Å². The van der Waals surface area contributed by atoms with Gasteiger partial charge in [0.1, 0.15) is 17.9 Å². The van der Waals surface area contributed by atoms with Crippen molar-refractivity contribution in [1.82, 2.24) is 14.6 Å².